The molecule has 0 saturated carbocycles. The predicted molar refractivity (Wildman–Crippen MR) is 111 cm³/mol. The van der Waals surface area contributed by atoms with E-state index in [-0.39, 0.29) is 6.42 Å². The fourth-order valence-electron chi connectivity index (χ4n) is 3.39. The Kier molecular flexibility index (Phi) is 6.29. The molecular weight excluding hydrogens is 368 g/mol. The molecule has 0 aliphatic heterocycles. The Labute approximate surface area is 171 Å². The van der Waals surface area contributed by atoms with Crippen LogP contribution in [-0.4, -0.2) is 33.5 Å². The number of ether oxygens (including phenoxy) is 4. The molecule has 0 bridgehead atoms. The number of rotatable bonds is 8. The standard InChI is InChI=1S/C24H25O5/c1-26-19-12-8-17(9-13-19)24(25,18-10-14-20(27-2)15-11-18)16-21-22(28-3)6-5-7-23(21)29-4/h6-15,25H,16H2,1-4H3. The predicted octanol–water partition coefficient (Wildman–Crippen LogP) is 4.00. The zero-order chi connectivity index (χ0) is 20.9. The molecule has 3 aromatic rings. The summed E-state index contributed by atoms with van der Waals surface area (Å²) in [5.74, 6) is 2.64. The molecule has 0 aliphatic carbocycles. The Morgan fingerprint density at radius 1 is 0.690 bits per heavy atom. The van der Waals surface area contributed by atoms with Crippen LogP contribution >= 0.6 is 0 Å². The van der Waals surface area contributed by atoms with Crippen LogP contribution in [0.1, 0.15) is 16.7 Å². The lowest BCUT2D eigenvalue weighted by Gasteiger charge is -2.31. The molecule has 5 heteroatoms. The summed E-state index contributed by atoms with van der Waals surface area (Å²) in [6, 6.07) is 21.2. The number of hydrogen-bond donors (Lipinski definition) is 1. The van der Waals surface area contributed by atoms with Crippen LogP contribution in [0.4, 0.5) is 0 Å². The SMILES string of the molecule is COc1ccc(C(O)(Cc2c(OC)c[c]cc2OC)c2ccc(OC)cc2)cc1. The van der Waals surface area contributed by atoms with E-state index in [4.69, 9.17) is 18.9 Å². The molecule has 29 heavy (non-hydrogen) atoms. The van der Waals surface area contributed by atoms with Gasteiger partial charge in [-0.1, -0.05) is 24.3 Å². The Morgan fingerprint density at radius 2 is 1.10 bits per heavy atom. The molecule has 1 N–H and O–H groups in total. The minimum Gasteiger partial charge on any atom is -0.497 e. The Morgan fingerprint density at radius 3 is 1.45 bits per heavy atom. The van der Waals surface area contributed by atoms with Gasteiger partial charge in [0.2, 0.25) is 0 Å². The van der Waals surface area contributed by atoms with Crippen molar-refractivity contribution in [1.29, 1.82) is 0 Å². The number of aliphatic hydroxyl groups is 1. The van der Waals surface area contributed by atoms with Gasteiger partial charge in [-0.3, -0.25) is 0 Å². The normalized spacial score (nSPS) is 11.1. The summed E-state index contributed by atoms with van der Waals surface area (Å²) in [6.45, 7) is 0. The lowest BCUT2D eigenvalue weighted by atomic mass is 9.81. The van der Waals surface area contributed by atoms with Gasteiger partial charge in [-0.25, -0.2) is 0 Å². The highest BCUT2D eigenvalue weighted by atomic mass is 16.5. The van der Waals surface area contributed by atoms with Crippen LogP contribution in [0.3, 0.4) is 0 Å². The zero-order valence-corrected chi connectivity index (χ0v) is 17.1. The Balaban J connectivity index is 2.15. The maximum Gasteiger partial charge on any atom is 0.126 e. The molecule has 0 atom stereocenters. The van der Waals surface area contributed by atoms with Crippen molar-refractivity contribution in [2.24, 2.45) is 0 Å². The van der Waals surface area contributed by atoms with Crippen LogP contribution in [0.5, 0.6) is 23.0 Å². The molecule has 0 aromatic heterocycles. The zero-order valence-electron chi connectivity index (χ0n) is 17.1. The van der Waals surface area contributed by atoms with E-state index in [2.05, 4.69) is 6.07 Å². The van der Waals surface area contributed by atoms with Crippen molar-refractivity contribution in [3.05, 3.63) is 83.4 Å². The van der Waals surface area contributed by atoms with Crippen molar-refractivity contribution in [2.75, 3.05) is 28.4 Å². The molecule has 0 amide bonds. The van der Waals surface area contributed by atoms with Crippen LogP contribution in [-0.2, 0) is 12.0 Å². The maximum atomic E-state index is 12.0. The molecular formula is C24H25O5. The van der Waals surface area contributed by atoms with Gasteiger partial charge < -0.3 is 24.1 Å². The average molecular weight is 393 g/mol. The van der Waals surface area contributed by atoms with E-state index in [1.807, 2.05) is 48.5 Å². The molecule has 5 nitrogen and oxygen atoms in total. The summed E-state index contributed by atoms with van der Waals surface area (Å²) >= 11 is 0. The van der Waals surface area contributed by atoms with E-state index < -0.39 is 5.60 Å². The minimum atomic E-state index is -1.33. The molecule has 0 spiro atoms. The highest BCUT2D eigenvalue weighted by molar-refractivity contribution is 5.49. The van der Waals surface area contributed by atoms with Gasteiger partial charge in [-0.15, -0.1) is 0 Å². The van der Waals surface area contributed by atoms with Crippen molar-refractivity contribution in [2.45, 2.75) is 12.0 Å². The van der Waals surface area contributed by atoms with E-state index in [0.717, 1.165) is 28.2 Å². The van der Waals surface area contributed by atoms with Gasteiger partial charge in [0.1, 0.15) is 28.6 Å². The third kappa shape index (κ3) is 4.15. The molecule has 0 aliphatic rings. The van der Waals surface area contributed by atoms with E-state index >= 15 is 0 Å². The first-order valence-corrected chi connectivity index (χ1v) is 9.18. The van der Waals surface area contributed by atoms with Gasteiger partial charge >= 0.3 is 0 Å². The van der Waals surface area contributed by atoms with E-state index in [1.54, 1.807) is 40.6 Å². The molecule has 3 aromatic carbocycles. The first-order valence-electron chi connectivity index (χ1n) is 9.18. The quantitative estimate of drug-likeness (QED) is 0.627. The largest absolute Gasteiger partial charge is 0.497 e. The number of methoxy groups -OCH3 is 4. The van der Waals surface area contributed by atoms with E-state index in [1.165, 1.54) is 0 Å². The lowest BCUT2D eigenvalue weighted by molar-refractivity contribution is 0.0795. The van der Waals surface area contributed by atoms with Crippen LogP contribution in [0.15, 0.2) is 60.7 Å². The molecule has 151 valence electrons. The molecule has 0 fully saturated rings. The van der Waals surface area contributed by atoms with Crippen LogP contribution in [0.2, 0.25) is 0 Å². The minimum absolute atomic E-state index is 0.243. The van der Waals surface area contributed by atoms with Gasteiger partial charge in [0.25, 0.3) is 0 Å². The monoisotopic (exact) mass is 393 g/mol. The fraction of sp³-hybridized carbons (Fsp3) is 0.250. The third-order valence-electron chi connectivity index (χ3n) is 5.03. The van der Waals surface area contributed by atoms with Gasteiger partial charge in [-0.05, 0) is 53.6 Å². The summed E-state index contributed by atoms with van der Waals surface area (Å²) in [5.41, 5.74) is 0.865. The summed E-state index contributed by atoms with van der Waals surface area (Å²) in [6.07, 6.45) is 0.243. The second kappa shape index (κ2) is 8.88. The second-order valence-electron chi connectivity index (χ2n) is 6.56. The number of hydrogen-bond acceptors (Lipinski definition) is 5. The van der Waals surface area contributed by atoms with E-state index in [0.29, 0.717) is 11.5 Å². The van der Waals surface area contributed by atoms with Crippen LogP contribution < -0.4 is 18.9 Å². The number of benzene rings is 3. The average Bonchev–Trinajstić information content (AvgIpc) is 2.79. The van der Waals surface area contributed by atoms with Crippen molar-refractivity contribution in [3.63, 3.8) is 0 Å². The van der Waals surface area contributed by atoms with Crippen molar-refractivity contribution < 1.29 is 24.1 Å². The summed E-state index contributed by atoms with van der Waals surface area (Å²) < 4.78 is 21.6. The molecule has 0 unspecified atom stereocenters. The van der Waals surface area contributed by atoms with Gasteiger partial charge in [-0.2, -0.15) is 0 Å². The smallest absolute Gasteiger partial charge is 0.126 e. The van der Waals surface area contributed by atoms with Crippen LogP contribution in [0.25, 0.3) is 0 Å². The summed E-state index contributed by atoms with van der Waals surface area (Å²) in [5, 5.41) is 12.0. The molecule has 1 radical (unpaired) electrons. The van der Waals surface area contributed by atoms with E-state index in [9.17, 15) is 5.11 Å². The molecule has 0 heterocycles. The fourth-order valence-corrected chi connectivity index (χ4v) is 3.39. The highest BCUT2D eigenvalue weighted by Gasteiger charge is 2.34. The van der Waals surface area contributed by atoms with Crippen molar-refractivity contribution in [1.82, 2.24) is 0 Å². The lowest BCUT2D eigenvalue weighted by Crippen LogP contribution is -2.30. The van der Waals surface area contributed by atoms with Crippen molar-refractivity contribution >= 4 is 0 Å². The third-order valence-corrected chi connectivity index (χ3v) is 5.03. The van der Waals surface area contributed by atoms with Gasteiger partial charge in [0, 0.05) is 12.0 Å². The highest BCUT2D eigenvalue weighted by Crippen LogP contribution is 2.40. The van der Waals surface area contributed by atoms with Gasteiger partial charge in [0.15, 0.2) is 0 Å². The van der Waals surface area contributed by atoms with Crippen molar-refractivity contribution in [3.8, 4) is 23.0 Å². The second-order valence-corrected chi connectivity index (χ2v) is 6.56. The molecule has 0 saturated heterocycles. The maximum absolute atomic E-state index is 12.0. The Hall–Kier alpha value is -3.18. The first kappa shape index (κ1) is 20.6. The first-order chi connectivity index (χ1) is 14.0. The van der Waals surface area contributed by atoms with Crippen LogP contribution in [0, 0.1) is 6.07 Å². The summed E-state index contributed by atoms with van der Waals surface area (Å²) in [7, 11) is 6.40. The topological polar surface area (TPSA) is 57.2 Å². The van der Waals surface area contributed by atoms with Gasteiger partial charge in [0.05, 0.1) is 28.4 Å². The summed E-state index contributed by atoms with van der Waals surface area (Å²) in [4.78, 5) is 0. The molecule has 3 rings (SSSR count). The Bertz CT molecular complexity index is 863.